The molecule has 0 spiro atoms. The van der Waals surface area contributed by atoms with Gasteiger partial charge < -0.3 is 19.9 Å². The van der Waals surface area contributed by atoms with Crippen LogP contribution in [0.15, 0.2) is 5.11 Å². The Bertz CT molecular complexity index is 244. The monoisotopic (exact) mass is 260 g/mol. The SMILES string of the molecule is [N-]=[N+]=NCCCCCOCCOCCNC(=O)O. The summed E-state index contributed by atoms with van der Waals surface area (Å²) in [5.74, 6) is 0. The van der Waals surface area contributed by atoms with Crippen LogP contribution >= 0.6 is 0 Å². The van der Waals surface area contributed by atoms with Crippen LogP contribution < -0.4 is 5.32 Å². The maximum atomic E-state index is 10.1. The van der Waals surface area contributed by atoms with Gasteiger partial charge in [0.05, 0.1) is 19.8 Å². The van der Waals surface area contributed by atoms with Crippen LogP contribution in [0.25, 0.3) is 10.4 Å². The summed E-state index contributed by atoms with van der Waals surface area (Å²) < 4.78 is 10.4. The van der Waals surface area contributed by atoms with Gasteiger partial charge >= 0.3 is 6.09 Å². The Labute approximate surface area is 106 Å². The standard InChI is InChI=1S/C10H20N4O4/c11-14-13-4-2-1-3-6-17-8-9-18-7-5-12-10(15)16/h12H,1-9H2,(H,15,16). The Kier molecular flexibility index (Phi) is 12.4. The molecular weight excluding hydrogens is 240 g/mol. The lowest BCUT2D eigenvalue weighted by Crippen LogP contribution is -2.25. The fourth-order valence-electron chi connectivity index (χ4n) is 1.16. The number of hydrogen-bond acceptors (Lipinski definition) is 4. The van der Waals surface area contributed by atoms with Gasteiger partial charge in [-0.25, -0.2) is 4.79 Å². The molecule has 1 amide bonds. The zero-order valence-electron chi connectivity index (χ0n) is 10.4. The second-order valence-electron chi connectivity index (χ2n) is 3.47. The quantitative estimate of drug-likeness (QED) is 0.240. The van der Waals surface area contributed by atoms with Crippen LogP contribution in [-0.2, 0) is 9.47 Å². The van der Waals surface area contributed by atoms with Crippen molar-refractivity contribution in [3.05, 3.63) is 10.4 Å². The molecule has 0 aromatic heterocycles. The lowest BCUT2D eigenvalue weighted by atomic mass is 10.2. The van der Waals surface area contributed by atoms with E-state index in [-0.39, 0.29) is 6.54 Å². The molecule has 8 nitrogen and oxygen atoms in total. The minimum absolute atomic E-state index is 0.286. The van der Waals surface area contributed by atoms with Crippen LogP contribution in [0.2, 0.25) is 0 Å². The molecule has 0 heterocycles. The van der Waals surface area contributed by atoms with E-state index < -0.39 is 6.09 Å². The van der Waals surface area contributed by atoms with Crippen molar-refractivity contribution in [2.45, 2.75) is 19.3 Å². The molecule has 8 heteroatoms. The summed E-state index contributed by atoms with van der Waals surface area (Å²) >= 11 is 0. The topological polar surface area (TPSA) is 117 Å². The molecule has 2 N–H and O–H groups in total. The number of amides is 1. The Morgan fingerprint density at radius 1 is 1.17 bits per heavy atom. The molecule has 18 heavy (non-hydrogen) atoms. The second-order valence-corrected chi connectivity index (χ2v) is 3.47. The zero-order valence-corrected chi connectivity index (χ0v) is 10.4. The van der Waals surface area contributed by atoms with Gasteiger partial charge in [-0.3, -0.25) is 0 Å². The first-order chi connectivity index (χ1) is 8.77. The van der Waals surface area contributed by atoms with Gasteiger partial charge in [-0.1, -0.05) is 11.5 Å². The van der Waals surface area contributed by atoms with Crippen molar-refractivity contribution in [3.8, 4) is 0 Å². The third kappa shape index (κ3) is 14.5. The van der Waals surface area contributed by atoms with E-state index in [4.69, 9.17) is 20.1 Å². The van der Waals surface area contributed by atoms with Crippen molar-refractivity contribution in [2.24, 2.45) is 5.11 Å². The average molecular weight is 260 g/mol. The Morgan fingerprint density at radius 3 is 2.56 bits per heavy atom. The first kappa shape index (κ1) is 16.5. The van der Waals surface area contributed by atoms with Gasteiger partial charge in [-0.05, 0) is 18.4 Å². The number of carboxylic acid groups (broad SMARTS) is 1. The van der Waals surface area contributed by atoms with Gasteiger partial charge in [0, 0.05) is 24.6 Å². The van der Waals surface area contributed by atoms with Crippen molar-refractivity contribution < 1.29 is 19.4 Å². The van der Waals surface area contributed by atoms with Gasteiger partial charge in [0.25, 0.3) is 0 Å². The number of unbranched alkanes of at least 4 members (excludes halogenated alkanes) is 2. The van der Waals surface area contributed by atoms with E-state index in [0.29, 0.717) is 33.0 Å². The number of nitrogens with one attached hydrogen (secondary N) is 1. The van der Waals surface area contributed by atoms with Crippen LogP contribution in [0, 0.1) is 0 Å². The van der Waals surface area contributed by atoms with Crippen LogP contribution in [0.5, 0.6) is 0 Å². The van der Waals surface area contributed by atoms with Crippen LogP contribution in [0.4, 0.5) is 4.79 Å². The summed E-state index contributed by atoms with van der Waals surface area (Å²) in [6, 6.07) is 0. The zero-order chi connectivity index (χ0) is 13.5. The maximum absolute atomic E-state index is 10.1. The van der Waals surface area contributed by atoms with Gasteiger partial charge in [0.15, 0.2) is 0 Å². The highest BCUT2D eigenvalue weighted by Gasteiger charge is 1.94. The van der Waals surface area contributed by atoms with E-state index in [0.717, 1.165) is 19.3 Å². The normalized spacial score (nSPS) is 9.78. The van der Waals surface area contributed by atoms with Gasteiger partial charge in [0.2, 0.25) is 0 Å². The van der Waals surface area contributed by atoms with Crippen LogP contribution in [-0.4, -0.2) is 50.7 Å². The number of nitrogens with zero attached hydrogens (tertiary/aromatic N) is 3. The first-order valence-electron chi connectivity index (χ1n) is 5.90. The minimum Gasteiger partial charge on any atom is -0.465 e. The summed E-state index contributed by atoms with van der Waals surface area (Å²) in [4.78, 5) is 12.7. The average Bonchev–Trinajstić information content (AvgIpc) is 2.34. The summed E-state index contributed by atoms with van der Waals surface area (Å²) in [6.45, 7) is 2.79. The van der Waals surface area contributed by atoms with Gasteiger partial charge in [0.1, 0.15) is 0 Å². The molecule has 104 valence electrons. The first-order valence-corrected chi connectivity index (χ1v) is 5.90. The molecule has 0 fully saturated rings. The number of rotatable bonds is 12. The molecule has 0 atom stereocenters. The summed E-state index contributed by atoms with van der Waals surface area (Å²) in [7, 11) is 0. The van der Waals surface area contributed by atoms with E-state index in [1.807, 2.05) is 0 Å². The Balaban J connectivity index is 2.98. The fraction of sp³-hybridized carbons (Fsp3) is 0.900. The van der Waals surface area contributed by atoms with Gasteiger partial charge in [-0.2, -0.15) is 0 Å². The van der Waals surface area contributed by atoms with Crippen molar-refractivity contribution >= 4 is 6.09 Å². The number of ether oxygens (including phenoxy) is 2. The third-order valence-electron chi connectivity index (χ3n) is 2.00. The molecule has 0 aromatic rings. The van der Waals surface area contributed by atoms with E-state index in [1.165, 1.54) is 0 Å². The second kappa shape index (κ2) is 13.6. The highest BCUT2D eigenvalue weighted by Crippen LogP contribution is 1.96. The van der Waals surface area contributed by atoms with E-state index in [2.05, 4.69) is 15.3 Å². The lowest BCUT2D eigenvalue weighted by Gasteiger charge is -2.05. The highest BCUT2D eigenvalue weighted by molar-refractivity contribution is 5.64. The predicted octanol–water partition coefficient (Wildman–Crippen LogP) is 1.77. The molecule has 0 saturated carbocycles. The smallest absolute Gasteiger partial charge is 0.404 e. The van der Waals surface area contributed by atoms with Gasteiger partial charge in [-0.15, -0.1) is 0 Å². The molecule has 0 aromatic carbocycles. The largest absolute Gasteiger partial charge is 0.465 e. The van der Waals surface area contributed by atoms with Crippen LogP contribution in [0.3, 0.4) is 0 Å². The predicted molar refractivity (Wildman–Crippen MR) is 65.5 cm³/mol. The molecule has 0 aliphatic heterocycles. The number of hydrogen-bond donors (Lipinski definition) is 2. The number of azide groups is 1. The molecule has 0 rings (SSSR count). The maximum Gasteiger partial charge on any atom is 0.404 e. The van der Waals surface area contributed by atoms with Crippen molar-refractivity contribution in [3.63, 3.8) is 0 Å². The fourth-order valence-corrected chi connectivity index (χ4v) is 1.16. The molecular formula is C10H20N4O4. The summed E-state index contributed by atoms with van der Waals surface area (Å²) in [6.07, 6.45) is 1.74. The Hall–Kier alpha value is -1.50. The number of carbonyl (C=O) groups is 1. The van der Waals surface area contributed by atoms with E-state index in [1.54, 1.807) is 0 Å². The molecule has 0 radical (unpaired) electrons. The molecule has 0 saturated heterocycles. The molecule has 0 bridgehead atoms. The molecule has 0 aliphatic carbocycles. The summed E-state index contributed by atoms with van der Waals surface area (Å²) in [5.41, 5.74) is 8.04. The summed E-state index contributed by atoms with van der Waals surface area (Å²) in [5, 5.41) is 13.9. The van der Waals surface area contributed by atoms with Crippen molar-refractivity contribution in [2.75, 3.05) is 39.5 Å². The Morgan fingerprint density at radius 2 is 1.89 bits per heavy atom. The molecule has 0 unspecified atom stereocenters. The lowest BCUT2D eigenvalue weighted by molar-refractivity contribution is 0.0475. The van der Waals surface area contributed by atoms with Crippen molar-refractivity contribution in [1.29, 1.82) is 0 Å². The minimum atomic E-state index is -1.05. The van der Waals surface area contributed by atoms with Crippen LogP contribution in [0.1, 0.15) is 19.3 Å². The highest BCUT2D eigenvalue weighted by atomic mass is 16.5. The van der Waals surface area contributed by atoms with E-state index >= 15 is 0 Å². The van der Waals surface area contributed by atoms with Crippen molar-refractivity contribution in [1.82, 2.24) is 5.32 Å². The molecule has 0 aliphatic rings. The third-order valence-corrected chi connectivity index (χ3v) is 2.00. The van der Waals surface area contributed by atoms with E-state index in [9.17, 15) is 4.79 Å².